The molecule has 0 heterocycles. The summed E-state index contributed by atoms with van der Waals surface area (Å²) in [4.78, 5) is 10.6. The van der Waals surface area contributed by atoms with Gasteiger partial charge in [0.2, 0.25) is 0 Å². The van der Waals surface area contributed by atoms with Crippen molar-refractivity contribution in [3.8, 4) is 0 Å². The molecule has 1 atom stereocenters. The van der Waals surface area contributed by atoms with E-state index in [2.05, 4.69) is 14.5 Å². The summed E-state index contributed by atoms with van der Waals surface area (Å²) in [7, 11) is 2.30. The molecule has 0 saturated heterocycles. The molecule has 0 aromatic carbocycles. The molecule has 0 rings (SSSR count). The fourth-order valence-electron chi connectivity index (χ4n) is 0.481. The third kappa shape index (κ3) is 4.23. The second-order valence-electron chi connectivity index (χ2n) is 1.67. The van der Waals surface area contributed by atoms with E-state index in [1.165, 1.54) is 0 Å². The normalized spacial score (nSPS) is 9.25. The first kappa shape index (κ1) is 8.06. The zero-order valence-corrected chi connectivity index (χ0v) is 6.26. The number of nitrogens with one attached hydrogen (secondary N) is 1. The Kier molecular flexibility index (Phi) is 5.24. The molecule has 0 spiro atoms. The summed E-state index contributed by atoms with van der Waals surface area (Å²) in [6, 6.07) is 0. The number of rotatable bonds is 4. The quantitative estimate of drug-likeness (QED) is 0.573. The third-order valence-electron chi connectivity index (χ3n) is 0.828. The van der Waals surface area contributed by atoms with Crippen LogP contribution in [0.5, 0.6) is 0 Å². The molecular weight excluding hydrogens is 121 g/mol. The summed E-state index contributed by atoms with van der Waals surface area (Å²) < 4.78 is 0. The molecule has 0 aromatic heterocycles. The van der Waals surface area contributed by atoms with Crippen molar-refractivity contribution in [3.05, 3.63) is 0 Å². The number of hydrogen-bond acceptors (Lipinski definition) is 2. The molecule has 1 unspecified atom stereocenters. The van der Waals surface area contributed by atoms with Crippen LogP contribution in [0.25, 0.3) is 0 Å². The Morgan fingerprint density at radius 1 is 1.75 bits per heavy atom. The summed E-state index contributed by atoms with van der Waals surface area (Å²) in [6.07, 6.45) is 1.65. The summed E-state index contributed by atoms with van der Waals surface area (Å²) >= 11 is 0. The van der Waals surface area contributed by atoms with Gasteiger partial charge in [-0.1, -0.05) is 16.3 Å². The highest BCUT2D eigenvalue weighted by Crippen LogP contribution is 1.87. The zero-order chi connectivity index (χ0) is 6.41. The maximum Gasteiger partial charge on any atom is 0.146 e. The van der Waals surface area contributed by atoms with E-state index in [0.29, 0.717) is 13.0 Å². The zero-order valence-electron chi connectivity index (χ0n) is 5.11. The number of ketones is 1. The summed E-state index contributed by atoms with van der Waals surface area (Å²) in [6.45, 7) is 2.49. The van der Waals surface area contributed by atoms with Gasteiger partial charge >= 0.3 is 0 Å². The molecule has 3 heteroatoms. The Hall–Kier alpha value is 0.0600. The van der Waals surface area contributed by atoms with Crippen LogP contribution >= 0.6 is 9.39 Å². The summed E-state index contributed by atoms with van der Waals surface area (Å²) in [5.74, 6) is 0.280. The highest BCUT2D eigenvalue weighted by atomic mass is 31.0. The minimum absolute atomic E-state index is 0.280. The van der Waals surface area contributed by atoms with Gasteiger partial charge in [0.05, 0.1) is 6.54 Å². The molecule has 0 fully saturated rings. The van der Waals surface area contributed by atoms with Crippen molar-refractivity contribution in [3.63, 3.8) is 0 Å². The first-order valence-electron chi connectivity index (χ1n) is 2.76. The first-order valence-corrected chi connectivity index (χ1v) is 3.34. The largest absolute Gasteiger partial charge is 0.298 e. The number of hydrogen-bond donors (Lipinski definition) is 1. The van der Waals surface area contributed by atoms with Crippen molar-refractivity contribution in [1.82, 2.24) is 5.09 Å². The van der Waals surface area contributed by atoms with Gasteiger partial charge < -0.3 is 0 Å². The maximum absolute atomic E-state index is 10.6. The second kappa shape index (κ2) is 5.20. The summed E-state index contributed by atoms with van der Waals surface area (Å²) in [5.41, 5.74) is 0. The number of carbonyl (C=O) groups excluding carboxylic acids is 1. The fourth-order valence-corrected chi connectivity index (χ4v) is 0.709. The van der Waals surface area contributed by atoms with E-state index < -0.39 is 0 Å². The van der Waals surface area contributed by atoms with E-state index in [0.717, 1.165) is 6.42 Å². The van der Waals surface area contributed by atoms with Crippen molar-refractivity contribution >= 4 is 15.2 Å². The lowest BCUT2D eigenvalue weighted by Gasteiger charge is -1.93. The van der Waals surface area contributed by atoms with Gasteiger partial charge in [0, 0.05) is 6.42 Å². The minimum Gasteiger partial charge on any atom is -0.298 e. The Morgan fingerprint density at radius 3 is 2.75 bits per heavy atom. The van der Waals surface area contributed by atoms with Crippen molar-refractivity contribution < 1.29 is 4.79 Å². The fraction of sp³-hybridized carbons (Fsp3) is 0.800. The Labute approximate surface area is 52.3 Å². The van der Waals surface area contributed by atoms with Gasteiger partial charge in [0.15, 0.2) is 0 Å². The van der Waals surface area contributed by atoms with E-state index in [-0.39, 0.29) is 5.78 Å². The van der Waals surface area contributed by atoms with Crippen LogP contribution in [0.4, 0.5) is 0 Å². The Bertz CT molecular complexity index is 66.8. The van der Waals surface area contributed by atoms with Gasteiger partial charge in [-0.25, -0.2) is 0 Å². The molecule has 0 saturated carbocycles. The molecule has 0 aliphatic rings. The summed E-state index contributed by atoms with van der Waals surface area (Å²) in [5, 5.41) is 2.72. The highest BCUT2D eigenvalue weighted by Gasteiger charge is 1.94. The van der Waals surface area contributed by atoms with E-state index >= 15 is 0 Å². The van der Waals surface area contributed by atoms with Crippen LogP contribution < -0.4 is 5.09 Å². The molecule has 0 aliphatic carbocycles. The van der Waals surface area contributed by atoms with Gasteiger partial charge in [0.25, 0.3) is 0 Å². The maximum atomic E-state index is 10.6. The molecule has 48 valence electrons. The molecule has 0 bridgehead atoms. The molecule has 1 N–H and O–H groups in total. The SMILES string of the molecule is CCCC(=O)CNP. The van der Waals surface area contributed by atoms with Crippen LogP contribution in [-0.4, -0.2) is 12.3 Å². The number of carbonyl (C=O) groups is 1. The van der Waals surface area contributed by atoms with Crippen molar-refractivity contribution in [2.75, 3.05) is 6.54 Å². The smallest absolute Gasteiger partial charge is 0.146 e. The molecule has 0 aliphatic heterocycles. The Morgan fingerprint density at radius 2 is 2.38 bits per heavy atom. The lowest BCUT2D eigenvalue weighted by atomic mass is 10.2. The first-order chi connectivity index (χ1) is 3.81. The predicted octanol–water partition coefficient (Wildman–Crippen LogP) is 0.735. The molecule has 8 heavy (non-hydrogen) atoms. The molecule has 2 nitrogen and oxygen atoms in total. The van der Waals surface area contributed by atoms with Gasteiger partial charge in [0.1, 0.15) is 5.78 Å². The van der Waals surface area contributed by atoms with Crippen molar-refractivity contribution in [1.29, 1.82) is 0 Å². The topological polar surface area (TPSA) is 29.1 Å². The van der Waals surface area contributed by atoms with Gasteiger partial charge in [-0.3, -0.25) is 9.88 Å². The third-order valence-corrected chi connectivity index (χ3v) is 1.03. The average Bonchev–Trinajstić information content (AvgIpc) is 1.68. The number of Topliss-reactive ketones (excluding diaryl/α,β-unsaturated/α-hetero) is 1. The molecular formula is C5H12NOP. The standard InChI is InChI=1S/C5H12NOP/c1-2-3-5(7)4-6-8/h6H,2-4,8H2,1H3. The van der Waals surface area contributed by atoms with Crippen molar-refractivity contribution in [2.24, 2.45) is 0 Å². The molecule has 0 aromatic rings. The Balaban J connectivity index is 3.06. The average molecular weight is 133 g/mol. The van der Waals surface area contributed by atoms with Gasteiger partial charge in [-0.2, -0.15) is 0 Å². The van der Waals surface area contributed by atoms with Crippen LogP contribution in [-0.2, 0) is 4.79 Å². The van der Waals surface area contributed by atoms with Crippen LogP contribution in [0.2, 0.25) is 0 Å². The van der Waals surface area contributed by atoms with E-state index in [9.17, 15) is 4.79 Å². The van der Waals surface area contributed by atoms with E-state index in [1.54, 1.807) is 0 Å². The van der Waals surface area contributed by atoms with Gasteiger partial charge in [-0.05, 0) is 6.42 Å². The molecule has 0 radical (unpaired) electrons. The minimum atomic E-state index is 0.280. The predicted molar refractivity (Wildman–Crippen MR) is 37.6 cm³/mol. The lowest BCUT2D eigenvalue weighted by molar-refractivity contribution is -0.117. The van der Waals surface area contributed by atoms with Crippen LogP contribution in [0.1, 0.15) is 19.8 Å². The van der Waals surface area contributed by atoms with Crippen molar-refractivity contribution in [2.45, 2.75) is 19.8 Å². The van der Waals surface area contributed by atoms with Gasteiger partial charge in [-0.15, -0.1) is 0 Å². The van der Waals surface area contributed by atoms with Crippen LogP contribution in [0, 0.1) is 0 Å². The van der Waals surface area contributed by atoms with E-state index in [4.69, 9.17) is 0 Å². The van der Waals surface area contributed by atoms with Crippen LogP contribution in [0.3, 0.4) is 0 Å². The lowest BCUT2D eigenvalue weighted by Crippen LogP contribution is -2.12. The monoisotopic (exact) mass is 133 g/mol. The highest BCUT2D eigenvalue weighted by molar-refractivity contribution is 7.13. The van der Waals surface area contributed by atoms with Crippen LogP contribution in [0.15, 0.2) is 0 Å². The second-order valence-corrected chi connectivity index (χ2v) is 2.08. The van der Waals surface area contributed by atoms with E-state index in [1.807, 2.05) is 6.92 Å². The molecule has 0 amide bonds.